The van der Waals surface area contributed by atoms with E-state index in [2.05, 4.69) is 29.2 Å². The number of hydrogen-bond acceptors (Lipinski definition) is 3. The molecule has 2 heterocycles. The lowest BCUT2D eigenvalue weighted by molar-refractivity contribution is 0.309. The molecule has 1 aromatic carbocycles. The Kier molecular flexibility index (Phi) is 1.86. The van der Waals surface area contributed by atoms with Crippen LogP contribution >= 0.6 is 11.8 Å². The molecule has 4 rings (SSSR count). The smallest absolute Gasteiger partial charge is 0.160 e. The van der Waals surface area contributed by atoms with Crippen LogP contribution in [0.4, 0.5) is 0 Å². The summed E-state index contributed by atoms with van der Waals surface area (Å²) in [5, 5.41) is 1.30. The van der Waals surface area contributed by atoms with Crippen molar-refractivity contribution >= 4 is 16.9 Å². The van der Waals surface area contributed by atoms with E-state index in [1.54, 1.807) is 0 Å². The molecule has 0 N–H and O–H groups in total. The van der Waals surface area contributed by atoms with Gasteiger partial charge in [0.2, 0.25) is 0 Å². The largest absolute Gasteiger partial charge is 0.341 e. The van der Waals surface area contributed by atoms with Crippen LogP contribution < -0.4 is 0 Å². The lowest BCUT2D eigenvalue weighted by atomic mass is 9.84. The van der Waals surface area contributed by atoms with Crippen molar-refractivity contribution in [1.29, 1.82) is 0 Å². The van der Waals surface area contributed by atoms with Gasteiger partial charge in [-0.15, -0.1) is 0 Å². The van der Waals surface area contributed by atoms with Gasteiger partial charge in [-0.2, -0.15) is 0 Å². The van der Waals surface area contributed by atoms with Gasteiger partial charge in [0.1, 0.15) is 0 Å². The number of fused-ring (bicyclic) bond motifs is 5. The van der Waals surface area contributed by atoms with Gasteiger partial charge in [0, 0.05) is 12.3 Å². The van der Waals surface area contributed by atoms with Crippen molar-refractivity contribution in [2.75, 3.05) is 12.3 Å². The molecule has 0 aromatic heterocycles. The quantitative estimate of drug-likeness (QED) is 0.680. The summed E-state index contributed by atoms with van der Waals surface area (Å²) in [6, 6.07) is 9.99. The van der Waals surface area contributed by atoms with Gasteiger partial charge in [0.15, 0.2) is 5.17 Å². The third-order valence-electron chi connectivity index (χ3n) is 3.87. The summed E-state index contributed by atoms with van der Waals surface area (Å²) >= 11 is 1.93. The molecule has 1 saturated heterocycles. The molecule has 16 heavy (non-hydrogen) atoms. The maximum Gasteiger partial charge on any atom is 0.160 e. The van der Waals surface area contributed by atoms with E-state index in [1.807, 2.05) is 11.8 Å². The molecular formula is C13H14N2S. The Hall–Kier alpha value is -0.960. The molecule has 0 radical (unpaired) electrons. The predicted octanol–water partition coefficient (Wildman–Crippen LogP) is 2.46. The minimum Gasteiger partial charge on any atom is -0.341 e. The lowest BCUT2D eigenvalue weighted by Crippen LogP contribution is -2.33. The number of benzene rings is 1. The second-order valence-corrected chi connectivity index (χ2v) is 5.77. The summed E-state index contributed by atoms with van der Waals surface area (Å²) in [6.45, 7) is 1.18. The van der Waals surface area contributed by atoms with Crippen molar-refractivity contribution in [3.8, 4) is 0 Å². The molecule has 3 heteroatoms. The molecule has 0 amide bonds. The van der Waals surface area contributed by atoms with Gasteiger partial charge in [0.25, 0.3) is 0 Å². The van der Waals surface area contributed by atoms with E-state index in [0.29, 0.717) is 12.1 Å². The van der Waals surface area contributed by atoms with Crippen LogP contribution in [-0.2, 0) is 6.42 Å². The van der Waals surface area contributed by atoms with Crippen LogP contribution in [0, 0.1) is 0 Å². The predicted molar refractivity (Wildman–Crippen MR) is 67.9 cm³/mol. The fourth-order valence-corrected chi connectivity index (χ4v) is 4.21. The first-order valence-electron chi connectivity index (χ1n) is 5.98. The minimum absolute atomic E-state index is 0.526. The van der Waals surface area contributed by atoms with Crippen molar-refractivity contribution < 1.29 is 0 Å². The summed E-state index contributed by atoms with van der Waals surface area (Å²) in [7, 11) is 0. The average Bonchev–Trinajstić information content (AvgIpc) is 2.88. The van der Waals surface area contributed by atoms with Crippen LogP contribution in [0.3, 0.4) is 0 Å². The molecule has 1 aromatic rings. The Morgan fingerprint density at radius 3 is 3.25 bits per heavy atom. The normalized spacial score (nSPS) is 30.8. The van der Waals surface area contributed by atoms with Gasteiger partial charge < -0.3 is 4.90 Å². The Morgan fingerprint density at radius 2 is 2.25 bits per heavy atom. The van der Waals surface area contributed by atoms with Crippen molar-refractivity contribution in [3.63, 3.8) is 0 Å². The number of hydrogen-bond donors (Lipinski definition) is 0. The van der Waals surface area contributed by atoms with E-state index in [-0.39, 0.29) is 0 Å². The van der Waals surface area contributed by atoms with Crippen molar-refractivity contribution in [3.05, 3.63) is 35.4 Å². The SMILES string of the molecule is c1ccc2c(c1)CCC1N=C3SCCN3C21. The summed E-state index contributed by atoms with van der Waals surface area (Å²) in [5.41, 5.74) is 3.07. The van der Waals surface area contributed by atoms with E-state index in [0.717, 1.165) is 0 Å². The molecular weight excluding hydrogens is 216 g/mol. The maximum absolute atomic E-state index is 4.88. The van der Waals surface area contributed by atoms with E-state index in [4.69, 9.17) is 4.99 Å². The Bertz CT molecular complexity index is 469. The molecule has 82 valence electrons. The number of nitrogens with zero attached hydrogens (tertiary/aromatic N) is 2. The molecule has 1 aliphatic carbocycles. The first kappa shape index (κ1) is 9.11. The zero-order chi connectivity index (χ0) is 10.5. The van der Waals surface area contributed by atoms with E-state index >= 15 is 0 Å². The zero-order valence-electron chi connectivity index (χ0n) is 9.10. The number of aliphatic imine (C=N–C) groups is 1. The van der Waals surface area contributed by atoms with Crippen LogP contribution in [0.1, 0.15) is 23.6 Å². The Morgan fingerprint density at radius 1 is 1.31 bits per heavy atom. The first-order valence-corrected chi connectivity index (χ1v) is 6.97. The van der Waals surface area contributed by atoms with Gasteiger partial charge in [-0.3, -0.25) is 4.99 Å². The highest BCUT2D eigenvalue weighted by atomic mass is 32.2. The summed E-state index contributed by atoms with van der Waals surface area (Å²) in [4.78, 5) is 7.40. The van der Waals surface area contributed by atoms with Gasteiger partial charge in [0.05, 0.1) is 12.1 Å². The third kappa shape index (κ3) is 1.12. The van der Waals surface area contributed by atoms with Crippen LogP contribution in [0.25, 0.3) is 0 Å². The minimum atomic E-state index is 0.526. The van der Waals surface area contributed by atoms with Crippen LogP contribution in [0.15, 0.2) is 29.3 Å². The molecule has 2 atom stereocenters. The van der Waals surface area contributed by atoms with Crippen molar-refractivity contribution in [1.82, 2.24) is 4.90 Å². The second-order valence-electron chi connectivity index (χ2n) is 4.70. The maximum atomic E-state index is 4.88. The molecule has 2 nitrogen and oxygen atoms in total. The summed E-state index contributed by atoms with van der Waals surface area (Å²) in [6.07, 6.45) is 2.43. The molecule has 1 fully saturated rings. The fourth-order valence-electron chi connectivity index (χ4n) is 3.15. The summed E-state index contributed by atoms with van der Waals surface area (Å²) < 4.78 is 0. The number of amidine groups is 1. The number of aryl methyl sites for hydroxylation is 1. The monoisotopic (exact) mass is 230 g/mol. The number of rotatable bonds is 0. The molecule has 0 spiro atoms. The van der Waals surface area contributed by atoms with E-state index in [9.17, 15) is 0 Å². The molecule has 2 unspecified atom stereocenters. The topological polar surface area (TPSA) is 15.6 Å². The van der Waals surface area contributed by atoms with Crippen molar-refractivity contribution in [2.45, 2.75) is 24.9 Å². The average molecular weight is 230 g/mol. The highest BCUT2D eigenvalue weighted by Crippen LogP contribution is 2.44. The highest BCUT2D eigenvalue weighted by Gasteiger charge is 2.42. The van der Waals surface area contributed by atoms with Crippen molar-refractivity contribution in [2.24, 2.45) is 4.99 Å². The van der Waals surface area contributed by atoms with Crippen LogP contribution in [0.5, 0.6) is 0 Å². The van der Waals surface area contributed by atoms with Gasteiger partial charge in [-0.1, -0.05) is 36.0 Å². The highest BCUT2D eigenvalue weighted by molar-refractivity contribution is 8.14. The second kappa shape index (κ2) is 3.27. The first-order chi connectivity index (χ1) is 7.93. The molecule has 3 aliphatic rings. The van der Waals surface area contributed by atoms with E-state index < -0.39 is 0 Å². The molecule has 2 aliphatic heterocycles. The standard InChI is InChI=1S/C13H14N2S/c1-2-4-10-9(3-1)5-6-11-12(10)15-7-8-16-13(15)14-11/h1-4,11-12H,5-8H2. The van der Waals surface area contributed by atoms with Crippen LogP contribution in [-0.4, -0.2) is 28.4 Å². The zero-order valence-corrected chi connectivity index (χ0v) is 9.91. The molecule has 0 bridgehead atoms. The Labute approximate surface area is 99.7 Å². The summed E-state index contributed by atoms with van der Waals surface area (Å²) in [5.74, 6) is 1.21. The van der Waals surface area contributed by atoms with Gasteiger partial charge >= 0.3 is 0 Å². The van der Waals surface area contributed by atoms with E-state index in [1.165, 1.54) is 41.4 Å². The fraction of sp³-hybridized carbons (Fsp3) is 0.462. The number of thioether (sulfide) groups is 1. The van der Waals surface area contributed by atoms with Gasteiger partial charge in [-0.25, -0.2) is 0 Å². The third-order valence-corrected chi connectivity index (χ3v) is 4.85. The lowest BCUT2D eigenvalue weighted by Gasteiger charge is -2.32. The van der Waals surface area contributed by atoms with Gasteiger partial charge in [-0.05, 0) is 24.0 Å². The van der Waals surface area contributed by atoms with Crippen LogP contribution in [0.2, 0.25) is 0 Å². The Balaban J connectivity index is 1.83. The molecule has 0 saturated carbocycles.